The number of nitrogens with one attached hydrogen (secondary N) is 2. The largest absolute Gasteiger partial charge is 0.336 e. The average molecular weight is 461 g/mol. The zero-order chi connectivity index (χ0) is 23.4. The molecule has 8 nitrogen and oxygen atoms in total. The van der Waals surface area contributed by atoms with Crippen LogP contribution in [0.1, 0.15) is 25.2 Å². The van der Waals surface area contributed by atoms with Crippen molar-refractivity contribution in [2.45, 2.75) is 30.7 Å². The Bertz CT molecular complexity index is 1300. The Labute approximate surface area is 195 Å². The predicted molar refractivity (Wildman–Crippen MR) is 132 cm³/mol. The van der Waals surface area contributed by atoms with E-state index < -0.39 is 5.25 Å². The highest BCUT2D eigenvalue weighted by Gasteiger charge is 2.20. The molecule has 4 aromatic rings. The van der Waals surface area contributed by atoms with Gasteiger partial charge in [-0.05, 0) is 47.5 Å². The topological polar surface area (TPSA) is 115 Å². The fourth-order valence-electron chi connectivity index (χ4n) is 3.42. The van der Waals surface area contributed by atoms with Gasteiger partial charge in [0.15, 0.2) is 5.82 Å². The summed E-state index contributed by atoms with van der Waals surface area (Å²) in [6.07, 6.45) is 0.534. The second-order valence-corrected chi connectivity index (χ2v) is 8.90. The fourth-order valence-corrected chi connectivity index (χ4v) is 4.21. The Morgan fingerprint density at radius 2 is 1.64 bits per heavy atom. The van der Waals surface area contributed by atoms with Crippen LogP contribution in [0.4, 0.5) is 11.4 Å². The molecule has 0 aliphatic rings. The molecule has 0 fully saturated rings. The highest BCUT2D eigenvalue weighted by Crippen LogP contribution is 2.25. The van der Waals surface area contributed by atoms with Gasteiger partial charge in [-0.1, -0.05) is 54.2 Å². The molecule has 0 spiro atoms. The van der Waals surface area contributed by atoms with E-state index in [-0.39, 0.29) is 11.8 Å². The summed E-state index contributed by atoms with van der Waals surface area (Å²) < 4.78 is 1.44. The van der Waals surface area contributed by atoms with E-state index in [9.17, 15) is 9.59 Å². The third-order valence-corrected chi connectivity index (χ3v) is 6.14. The molecule has 0 saturated heterocycles. The zero-order valence-corrected chi connectivity index (χ0v) is 19.1. The summed E-state index contributed by atoms with van der Waals surface area (Å²) in [6.45, 7) is 3.23. The van der Waals surface area contributed by atoms with Crippen molar-refractivity contribution in [1.29, 1.82) is 0 Å². The van der Waals surface area contributed by atoms with Crippen LogP contribution in [-0.4, -0.2) is 31.9 Å². The van der Waals surface area contributed by atoms with Gasteiger partial charge >= 0.3 is 0 Å². The first-order chi connectivity index (χ1) is 15.9. The molecule has 0 saturated carbocycles. The van der Waals surface area contributed by atoms with Gasteiger partial charge < -0.3 is 16.5 Å². The van der Waals surface area contributed by atoms with Crippen LogP contribution in [-0.2, 0) is 16.0 Å². The summed E-state index contributed by atoms with van der Waals surface area (Å²) in [7, 11) is 0. The number of thioether (sulfide) groups is 1. The van der Waals surface area contributed by atoms with Crippen LogP contribution in [0.15, 0.2) is 71.9 Å². The van der Waals surface area contributed by atoms with Crippen molar-refractivity contribution >= 4 is 45.7 Å². The number of carbonyl (C=O) groups is 2. The number of fused-ring (bicyclic) bond motifs is 1. The predicted octanol–water partition coefficient (Wildman–Crippen LogP) is 3.81. The standard InChI is InChI=1S/C24H24N6O2S/c1-15(23(32)27-20-12-10-19(11-13-20)26-16(2)31)33-24-29-28-22(30(24)25)14-18-8-5-7-17-6-3-4-9-21(17)18/h3-13,15H,14,25H2,1-2H3,(H,26,31)(H,27,32)/t15-/m1/s1. The van der Waals surface area contributed by atoms with Crippen molar-refractivity contribution in [3.05, 3.63) is 78.1 Å². The summed E-state index contributed by atoms with van der Waals surface area (Å²) in [5.74, 6) is 6.54. The maximum atomic E-state index is 12.6. The number of benzene rings is 3. The molecule has 1 atom stereocenters. The molecule has 168 valence electrons. The molecular weight excluding hydrogens is 436 g/mol. The molecule has 0 unspecified atom stereocenters. The van der Waals surface area contributed by atoms with Crippen molar-refractivity contribution in [1.82, 2.24) is 14.9 Å². The molecule has 33 heavy (non-hydrogen) atoms. The smallest absolute Gasteiger partial charge is 0.237 e. The monoisotopic (exact) mass is 460 g/mol. The Balaban J connectivity index is 1.41. The van der Waals surface area contributed by atoms with E-state index in [1.807, 2.05) is 18.2 Å². The summed E-state index contributed by atoms with van der Waals surface area (Å²) >= 11 is 1.24. The lowest BCUT2D eigenvalue weighted by Crippen LogP contribution is -2.24. The number of nitrogens with zero attached hydrogens (tertiary/aromatic N) is 3. The van der Waals surface area contributed by atoms with Crippen LogP contribution < -0.4 is 16.5 Å². The van der Waals surface area contributed by atoms with Crippen LogP contribution in [0.5, 0.6) is 0 Å². The molecule has 4 N–H and O–H groups in total. The summed E-state index contributed by atoms with van der Waals surface area (Å²) in [6, 6.07) is 21.2. The molecule has 0 radical (unpaired) electrons. The minimum absolute atomic E-state index is 0.150. The van der Waals surface area contributed by atoms with Gasteiger partial charge in [0.25, 0.3) is 0 Å². The van der Waals surface area contributed by atoms with Crippen LogP contribution in [0, 0.1) is 0 Å². The number of aromatic nitrogens is 3. The highest BCUT2D eigenvalue weighted by molar-refractivity contribution is 8.00. The number of anilines is 2. The van der Waals surface area contributed by atoms with Crippen molar-refractivity contribution in [2.75, 3.05) is 16.5 Å². The second-order valence-electron chi connectivity index (χ2n) is 7.59. The molecule has 1 heterocycles. The molecule has 0 bridgehead atoms. The summed E-state index contributed by atoms with van der Waals surface area (Å²) in [5.41, 5.74) is 2.41. The molecule has 2 amide bonds. The summed E-state index contributed by atoms with van der Waals surface area (Å²) in [4.78, 5) is 23.8. The Hall–Kier alpha value is -3.85. The first-order valence-corrected chi connectivity index (χ1v) is 11.3. The van der Waals surface area contributed by atoms with Gasteiger partial charge in [0.2, 0.25) is 17.0 Å². The van der Waals surface area contributed by atoms with E-state index in [1.54, 1.807) is 31.2 Å². The lowest BCUT2D eigenvalue weighted by molar-refractivity contribution is -0.115. The average Bonchev–Trinajstić information content (AvgIpc) is 3.14. The van der Waals surface area contributed by atoms with E-state index in [2.05, 4.69) is 45.1 Å². The minimum atomic E-state index is -0.447. The second kappa shape index (κ2) is 9.74. The van der Waals surface area contributed by atoms with Gasteiger partial charge in [-0.15, -0.1) is 10.2 Å². The van der Waals surface area contributed by atoms with Crippen LogP contribution >= 0.6 is 11.8 Å². The molecule has 9 heteroatoms. The van der Waals surface area contributed by atoms with Crippen LogP contribution in [0.25, 0.3) is 10.8 Å². The lowest BCUT2D eigenvalue weighted by atomic mass is 10.0. The molecule has 0 aliphatic carbocycles. The molecule has 4 rings (SSSR count). The number of nitrogens with two attached hydrogens (primary N) is 1. The van der Waals surface area contributed by atoms with E-state index in [0.717, 1.165) is 16.3 Å². The van der Waals surface area contributed by atoms with E-state index in [4.69, 9.17) is 5.84 Å². The van der Waals surface area contributed by atoms with Gasteiger partial charge in [-0.3, -0.25) is 9.59 Å². The van der Waals surface area contributed by atoms with Crippen LogP contribution in [0.3, 0.4) is 0 Å². The quantitative estimate of drug-likeness (QED) is 0.285. The van der Waals surface area contributed by atoms with Crippen molar-refractivity contribution in [2.24, 2.45) is 0 Å². The Morgan fingerprint density at radius 3 is 2.36 bits per heavy atom. The Kier molecular flexibility index (Phi) is 6.60. The Morgan fingerprint density at radius 1 is 0.970 bits per heavy atom. The lowest BCUT2D eigenvalue weighted by Gasteiger charge is -2.12. The number of rotatable bonds is 7. The van der Waals surface area contributed by atoms with Crippen molar-refractivity contribution < 1.29 is 9.59 Å². The molecule has 0 aliphatic heterocycles. The third kappa shape index (κ3) is 5.32. The first kappa shape index (κ1) is 22.3. The van der Waals surface area contributed by atoms with Crippen molar-refractivity contribution in [3.63, 3.8) is 0 Å². The number of amides is 2. The van der Waals surface area contributed by atoms with Gasteiger partial charge in [0.05, 0.1) is 5.25 Å². The van der Waals surface area contributed by atoms with E-state index in [1.165, 1.54) is 23.4 Å². The zero-order valence-electron chi connectivity index (χ0n) is 18.3. The SMILES string of the molecule is CC(=O)Nc1ccc(NC(=O)[C@@H](C)Sc2nnc(Cc3cccc4ccccc34)n2N)cc1. The van der Waals surface area contributed by atoms with E-state index >= 15 is 0 Å². The van der Waals surface area contributed by atoms with Gasteiger partial charge in [0.1, 0.15) is 0 Å². The maximum Gasteiger partial charge on any atom is 0.237 e. The van der Waals surface area contributed by atoms with E-state index in [0.29, 0.717) is 28.8 Å². The molecule has 1 aromatic heterocycles. The fraction of sp³-hybridized carbons (Fsp3) is 0.167. The highest BCUT2D eigenvalue weighted by atomic mass is 32.2. The van der Waals surface area contributed by atoms with Gasteiger partial charge in [-0.25, -0.2) is 4.68 Å². The molecular formula is C24H24N6O2S. The normalized spacial score (nSPS) is 11.8. The van der Waals surface area contributed by atoms with Gasteiger partial charge in [0, 0.05) is 24.7 Å². The van der Waals surface area contributed by atoms with Gasteiger partial charge in [-0.2, -0.15) is 0 Å². The molecule has 3 aromatic carbocycles. The number of carbonyl (C=O) groups excluding carboxylic acids is 2. The number of hydrogen-bond acceptors (Lipinski definition) is 6. The summed E-state index contributed by atoms with van der Waals surface area (Å²) in [5, 5.41) is 16.3. The third-order valence-electron chi connectivity index (χ3n) is 5.09. The minimum Gasteiger partial charge on any atom is -0.336 e. The number of nitrogen functional groups attached to an aromatic ring is 1. The first-order valence-electron chi connectivity index (χ1n) is 10.4. The van der Waals surface area contributed by atoms with Crippen molar-refractivity contribution in [3.8, 4) is 0 Å². The number of hydrogen-bond donors (Lipinski definition) is 3. The maximum absolute atomic E-state index is 12.6. The van der Waals surface area contributed by atoms with Crippen LogP contribution in [0.2, 0.25) is 0 Å².